The second kappa shape index (κ2) is 10.1. The number of ether oxygens (including phenoxy) is 1. The molecule has 1 amide bonds. The molecule has 0 fully saturated rings. The Morgan fingerprint density at radius 2 is 1.74 bits per heavy atom. The molecule has 0 radical (unpaired) electrons. The van der Waals surface area contributed by atoms with Gasteiger partial charge in [0.2, 0.25) is 0 Å². The predicted molar refractivity (Wildman–Crippen MR) is 104 cm³/mol. The van der Waals surface area contributed by atoms with E-state index in [2.05, 4.69) is 15.3 Å². The van der Waals surface area contributed by atoms with Crippen molar-refractivity contribution in [1.29, 1.82) is 0 Å². The summed E-state index contributed by atoms with van der Waals surface area (Å²) < 4.78 is 5.23. The quantitative estimate of drug-likeness (QED) is 0.440. The van der Waals surface area contributed by atoms with Crippen LogP contribution in [0.4, 0.5) is 0 Å². The Hall–Kier alpha value is -3.15. The van der Waals surface area contributed by atoms with Gasteiger partial charge >= 0.3 is 5.97 Å². The zero-order valence-corrected chi connectivity index (χ0v) is 15.7. The summed E-state index contributed by atoms with van der Waals surface area (Å²) in [6, 6.07) is 15.8. The number of amides is 1. The highest BCUT2D eigenvalue weighted by Gasteiger charge is 2.20. The minimum atomic E-state index is -0.473. The van der Waals surface area contributed by atoms with Crippen LogP contribution in [0.15, 0.2) is 59.8 Å². The minimum Gasteiger partial charge on any atom is -0.463 e. The Labute approximate surface area is 159 Å². The zero-order chi connectivity index (χ0) is 19.6. The summed E-state index contributed by atoms with van der Waals surface area (Å²) in [5.41, 5.74) is 2.15. The molecule has 0 aliphatic carbocycles. The Bertz CT molecular complexity index is 771. The van der Waals surface area contributed by atoms with Crippen LogP contribution in [0.1, 0.15) is 47.8 Å². The highest BCUT2D eigenvalue weighted by atomic mass is 16.6. The van der Waals surface area contributed by atoms with E-state index in [0.717, 1.165) is 11.1 Å². The Kier molecular flexibility index (Phi) is 7.55. The van der Waals surface area contributed by atoms with Crippen LogP contribution in [0.2, 0.25) is 0 Å². The maximum atomic E-state index is 12.6. The van der Waals surface area contributed by atoms with Gasteiger partial charge in [-0.25, -0.2) is 0 Å². The molecule has 0 aliphatic heterocycles. The third-order valence-electron chi connectivity index (χ3n) is 3.73. The fourth-order valence-electron chi connectivity index (χ4n) is 2.49. The third-order valence-corrected chi connectivity index (χ3v) is 3.73. The van der Waals surface area contributed by atoms with Crippen LogP contribution in [-0.2, 0) is 14.4 Å². The first-order chi connectivity index (χ1) is 13.0. The fourth-order valence-corrected chi connectivity index (χ4v) is 2.49. The standard InChI is InChI=1S/C21H24N2O4/c1-15(2)27-20(24)13-19(17-7-5-4-6-8-17)23-21(25)18-11-9-16(10-12-18)14-22-26-3/h4-12,14-15,19H,13H2,1-3H3,(H,23,25)/b22-14+. The molecule has 2 aromatic carbocycles. The lowest BCUT2D eigenvalue weighted by molar-refractivity contribution is -0.147. The fraction of sp³-hybridized carbons (Fsp3) is 0.286. The molecule has 6 heteroatoms. The lowest BCUT2D eigenvalue weighted by Crippen LogP contribution is -2.31. The summed E-state index contributed by atoms with van der Waals surface area (Å²) in [6.45, 7) is 3.59. The molecule has 27 heavy (non-hydrogen) atoms. The number of hydrogen-bond acceptors (Lipinski definition) is 5. The summed E-state index contributed by atoms with van der Waals surface area (Å²) in [7, 11) is 1.46. The topological polar surface area (TPSA) is 77.0 Å². The van der Waals surface area contributed by atoms with Gasteiger partial charge in [0.15, 0.2) is 0 Å². The first-order valence-corrected chi connectivity index (χ1v) is 8.71. The van der Waals surface area contributed by atoms with Gasteiger partial charge in [0.25, 0.3) is 5.91 Å². The number of hydrogen-bond donors (Lipinski definition) is 1. The minimum absolute atomic E-state index is 0.0620. The van der Waals surface area contributed by atoms with Crippen LogP contribution >= 0.6 is 0 Å². The molecule has 0 spiro atoms. The molecule has 2 rings (SSSR count). The van der Waals surface area contributed by atoms with E-state index in [1.807, 2.05) is 30.3 Å². The molecule has 1 atom stereocenters. The summed E-state index contributed by atoms with van der Waals surface area (Å²) in [5, 5.41) is 6.60. The van der Waals surface area contributed by atoms with Gasteiger partial charge in [-0.15, -0.1) is 0 Å². The van der Waals surface area contributed by atoms with E-state index in [-0.39, 0.29) is 24.4 Å². The maximum Gasteiger partial charge on any atom is 0.308 e. The number of esters is 1. The van der Waals surface area contributed by atoms with Gasteiger partial charge in [-0.2, -0.15) is 0 Å². The first kappa shape index (κ1) is 20.2. The molecule has 6 nitrogen and oxygen atoms in total. The molecular formula is C21H24N2O4. The second-order valence-electron chi connectivity index (χ2n) is 6.22. The molecule has 0 aliphatic rings. The van der Waals surface area contributed by atoms with E-state index in [1.165, 1.54) is 7.11 Å². The molecule has 0 bridgehead atoms. The van der Waals surface area contributed by atoms with Crippen LogP contribution in [0.25, 0.3) is 0 Å². The van der Waals surface area contributed by atoms with E-state index < -0.39 is 6.04 Å². The van der Waals surface area contributed by atoms with Gasteiger partial charge in [0.05, 0.1) is 24.8 Å². The van der Waals surface area contributed by atoms with Gasteiger partial charge in [-0.3, -0.25) is 9.59 Å². The van der Waals surface area contributed by atoms with Crippen molar-refractivity contribution in [3.8, 4) is 0 Å². The van der Waals surface area contributed by atoms with Crippen molar-refractivity contribution in [1.82, 2.24) is 5.32 Å². The highest BCUT2D eigenvalue weighted by Crippen LogP contribution is 2.18. The molecule has 1 unspecified atom stereocenters. The Morgan fingerprint density at radius 3 is 2.33 bits per heavy atom. The lowest BCUT2D eigenvalue weighted by Gasteiger charge is -2.19. The number of nitrogens with zero attached hydrogens (tertiary/aromatic N) is 1. The van der Waals surface area contributed by atoms with Crippen molar-refractivity contribution in [2.24, 2.45) is 5.16 Å². The number of benzene rings is 2. The van der Waals surface area contributed by atoms with E-state index >= 15 is 0 Å². The predicted octanol–water partition coefficient (Wildman–Crippen LogP) is 3.48. The molecule has 1 N–H and O–H groups in total. The largest absolute Gasteiger partial charge is 0.463 e. The van der Waals surface area contributed by atoms with E-state index in [1.54, 1.807) is 44.3 Å². The van der Waals surface area contributed by atoms with Crippen LogP contribution in [0.5, 0.6) is 0 Å². The van der Waals surface area contributed by atoms with E-state index in [9.17, 15) is 9.59 Å². The van der Waals surface area contributed by atoms with Crippen LogP contribution in [0.3, 0.4) is 0 Å². The smallest absolute Gasteiger partial charge is 0.308 e. The van der Waals surface area contributed by atoms with Gasteiger partial charge in [0, 0.05) is 5.56 Å². The van der Waals surface area contributed by atoms with E-state index in [4.69, 9.17) is 4.74 Å². The summed E-state index contributed by atoms with van der Waals surface area (Å²) in [5.74, 6) is -0.623. The number of carbonyl (C=O) groups is 2. The second-order valence-corrected chi connectivity index (χ2v) is 6.22. The van der Waals surface area contributed by atoms with Crippen molar-refractivity contribution >= 4 is 18.1 Å². The molecule has 2 aromatic rings. The van der Waals surface area contributed by atoms with Crippen LogP contribution in [-0.4, -0.2) is 31.3 Å². The SMILES string of the molecule is CO/N=C/c1ccc(C(=O)NC(CC(=O)OC(C)C)c2ccccc2)cc1. The number of oxime groups is 1. The molecular weight excluding hydrogens is 344 g/mol. The lowest BCUT2D eigenvalue weighted by atomic mass is 10.0. The Balaban J connectivity index is 2.12. The van der Waals surface area contributed by atoms with Gasteiger partial charge in [0.1, 0.15) is 7.11 Å². The molecule has 0 saturated heterocycles. The van der Waals surface area contributed by atoms with Crippen molar-refractivity contribution in [2.75, 3.05) is 7.11 Å². The van der Waals surface area contributed by atoms with Crippen molar-refractivity contribution in [2.45, 2.75) is 32.4 Å². The summed E-state index contributed by atoms with van der Waals surface area (Å²) in [4.78, 5) is 29.4. The van der Waals surface area contributed by atoms with Gasteiger partial charge in [-0.1, -0.05) is 47.6 Å². The van der Waals surface area contributed by atoms with E-state index in [0.29, 0.717) is 5.56 Å². The first-order valence-electron chi connectivity index (χ1n) is 8.71. The molecule has 0 heterocycles. The number of nitrogens with one attached hydrogen (secondary N) is 1. The number of carbonyl (C=O) groups excluding carboxylic acids is 2. The van der Waals surface area contributed by atoms with Crippen LogP contribution < -0.4 is 5.32 Å². The molecule has 0 aromatic heterocycles. The summed E-state index contributed by atoms with van der Waals surface area (Å²) in [6.07, 6.45) is 1.41. The Morgan fingerprint density at radius 1 is 1.07 bits per heavy atom. The third kappa shape index (κ3) is 6.58. The number of rotatable bonds is 8. The van der Waals surface area contributed by atoms with Gasteiger partial charge < -0.3 is 14.9 Å². The zero-order valence-electron chi connectivity index (χ0n) is 15.7. The molecule has 142 valence electrons. The van der Waals surface area contributed by atoms with Crippen LogP contribution in [0, 0.1) is 0 Å². The maximum absolute atomic E-state index is 12.6. The highest BCUT2D eigenvalue weighted by molar-refractivity contribution is 5.95. The molecule has 0 saturated carbocycles. The van der Waals surface area contributed by atoms with Crippen molar-refractivity contribution < 1.29 is 19.2 Å². The average molecular weight is 368 g/mol. The van der Waals surface area contributed by atoms with Crippen molar-refractivity contribution in [3.05, 3.63) is 71.3 Å². The monoisotopic (exact) mass is 368 g/mol. The van der Waals surface area contributed by atoms with Gasteiger partial charge in [-0.05, 0) is 37.1 Å². The van der Waals surface area contributed by atoms with Crippen molar-refractivity contribution in [3.63, 3.8) is 0 Å². The normalized spacial score (nSPS) is 12.0. The average Bonchev–Trinajstić information content (AvgIpc) is 2.66. The summed E-state index contributed by atoms with van der Waals surface area (Å²) >= 11 is 0.